The third-order valence-electron chi connectivity index (χ3n) is 7.82. The Hall–Kier alpha value is -2.21. The fourth-order valence-corrected chi connectivity index (χ4v) is 6.85. The van der Waals surface area contributed by atoms with Gasteiger partial charge in [0.1, 0.15) is 6.54 Å². The minimum Gasteiger partial charge on any atom is -0.351 e. The van der Waals surface area contributed by atoms with Gasteiger partial charge < -0.3 is 15.2 Å². The number of fused-ring (bicyclic) bond motifs is 1. The summed E-state index contributed by atoms with van der Waals surface area (Å²) in [6.45, 7) is 4.68. The molecule has 0 aliphatic heterocycles. The number of nitrogens with zero attached hydrogens (tertiary/aromatic N) is 1. The number of carbonyl (C=O) groups is 1. The number of nitrogens with one attached hydrogen (secondary N) is 3. The van der Waals surface area contributed by atoms with Gasteiger partial charge in [0.25, 0.3) is 11.5 Å². The van der Waals surface area contributed by atoms with Crippen molar-refractivity contribution in [3.63, 3.8) is 0 Å². The number of rotatable bonds is 7. The summed E-state index contributed by atoms with van der Waals surface area (Å²) in [4.78, 5) is 33.7. The molecule has 160 valence electrons. The van der Waals surface area contributed by atoms with E-state index in [2.05, 4.69) is 22.2 Å². The van der Waals surface area contributed by atoms with E-state index in [-0.39, 0.29) is 11.5 Å². The third kappa shape index (κ3) is 3.89. The van der Waals surface area contributed by atoms with Crippen molar-refractivity contribution in [3.05, 3.63) is 40.4 Å². The van der Waals surface area contributed by atoms with E-state index in [9.17, 15) is 9.59 Å². The molecule has 4 saturated carbocycles. The Kier molecular flexibility index (Phi) is 5.13. The number of aromatic amines is 1. The fraction of sp³-hybridized carbons (Fsp3) is 0.625. The summed E-state index contributed by atoms with van der Waals surface area (Å²) in [5.74, 6) is 3.47. The highest BCUT2D eigenvalue weighted by Crippen LogP contribution is 2.59. The molecule has 30 heavy (non-hydrogen) atoms. The molecule has 2 aromatic rings. The van der Waals surface area contributed by atoms with Crippen molar-refractivity contribution in [3.8, 4) is 0 Å². The van der Waals surface area contributed by atoms with Gasteiger partial charge in [-0.1, -0.05) is 12.1 Å². The summed E-state index contributed by atoms with van der Waals surface area (Å²) in [6, 6.07) is 7.38. The van der Waals surface area contributed by atoms with Crippen LogP contribution in [0.1, 0.15) is 51.3 Å². The second-order valence-corrected chi connectivity index (χ2v) is 10.2. The highest BCUT2D eigenvalue weighted by Gasteiger charge is 2.50. The van der Waals surface area contributed by atoms with E-state index in [4.69, 9.17) is 0 Å². The Morgan fingerprint density at radius 3 is 2.50 bits per heavy atom. The topological polar surface area (TPSA) is 79.3 Å². The first-order valence-electron chi connectivity index (χ1n) is 11.6. The lowest BCUT2D eigenvalue weighted by Crippen LogP contribution is -3.11. The van der Waals surface area contributed by atoms with Crippen molar-refractivity contribution in [2.24, 2.45) is 23.2 Å². The zero-order chi connectivity index (χ0) is 20.7. The lowest BCUT2D eigenvalue weighted by molar-refractivity contribution is -0.904. The third-order valence-corrected chi connectivity index (χ3v) is 7.82. The first kappa shape index (κ1) is 19.7. The number of likely N-dealkylation sites (N-methyl/N-ethyl adjacent to an activating group) is 1. The van der Waals surface area contributed by atoms with Crippen LogP contribution in [0.15, 0.2) is 29.1 Å². The monoisotopic (exact) mass is 409 g/mol. The van der Waals surface area contributed by atoms with E-state index in [0.717, 1.165) is 35.7 Å². The molecule has 3 N–H and O–H groups in total. The maximum absolute atomic E-state index is 12.8. The molecule has 6 heteroatoms. The van der Waals surface area contributed by atoms with Gasteiger partial charge in [0.15, 0.2) is 12.4 Å². The van der Waals surface area contributed by atoms with Crippen molar-refractivity contribution in [2.75, 3.05) is 19.6 Å². The molecule has 4 bridgehead atoms. The number of hydrogen-bond acceptors (Lipinski definition) is 3. The summed E-state index contributed by atoms with van der Waals surface area (Å²) < 4.78 is 0. The number of amides is 1. The second kappa shape index (κ2) is 7.80. The number of benzene rings is 1. The van der Waals surface area contributed by atoms with Gasteiger partial charge in [-0.15, -0.1) is 0 Å². The fourth-order valence-electron chi connectivity index (χ4n) is 6.85. The first-order valence-corrected chi connectivity index (χ1v) is 11.6. The van der Waals surface area contributed by atoms with Crippen LogP contribution in [-0.2, 0) is 11.3 Å². The molecule has 6 nitrogen and oxygen atoms in total. The SMILES string of the molecule is CC[NH+](CC(=O)NCC12CC3CC(CC(C3)C1)C2)Cc1nc2ccccc2c(=O)[nH]1. The van der Waals surface area contributed by atoms with E-state index in [0.29, 0.717) is 35.2 Å². The minimum absolute atomic E-state index is 0.114. The lowest BCUT2D eigenvalue weighted by atomic mass is 9.49. The van der Waals surface area contributed by atoms with Crippen LogP contribution in [0.3, 0.4) is 0 Å². The number of H-pyrrole nitrogens is 1. The van der Waals surface area contributed by atoms with E-state index >= 15 is 0 Å². The van der Waals surface area contributed by atoms with Crippen LogP contribution in [0.4, 0.5) is 0 Å². The second-order valence-electron chi connectivity index (χ2n) is 10.2. The molecule has 4 aliphatic carbocycles. The summed E-state index contributed by atoms with van der Waals surface area (Å²) in [5.41, 5.74) is 0.956. The maximum atomic E-state index is 12.8. The van der Waals surface area contributed by atoms with Crippen LogP contribution in [-0.4, -0.2) is 35.5 Å². The molecule has 0 saturated heterocycles. The van der Waals surface area contributed by atoms with Crippen LogP contribution in [0.5, 0.6) is 0 Å². The molecule has 1 heterocycles. The molecule has 1 atom stereocenters. The number of carbonyl (C=O) groups excluding carboxylic acids is 1. The maximum Gasteiger partial charge on any atom is 0.275 e. The average molecular weight is 410 g/mol. The van der Waals surface area contributed by atoms with E-state index in [1.807, 2.05) is 18.2 Å². The Labute approximate surface area is 177 Å². The van der Waals surface area contributed by atoms with E-state index in [1.54, 1.807) is 6.07 Å². The predicted octanol–water partition coefficient (Wildman–Crippen LogP) is 1.66. The first-order chi connectivity index (χ1) is 14.5. The zero-order valence-electron chi connectivity index (χ0n) is 17.9. The van der Waals surface area contributed by atoms with Gasteiger partial charge in [-0.05, 0) is 80.8 Å². The van der Waals surface area contributed by atoms with Crippen LogP contribution in [0.2, 0.25) is 0 Å². The lowest BCUT2D eigenvalue weighted by Gasteiger charge is -2.56. The standard InChI is InChI=1S/C24H32N4O2/c1-2-28(13-21-26-20-6-4-3-5-19(20)23(30)27-21)14-22(29)25-15-24-10-16-7-17(11-24)9-18(8-16)12-24/h3-6,16-18H,2,7-15H2,1H3,(H,25,29)(H,26,27,30)/p+1. The molecule has 1 amide bonds. The molecule has 0 radical (unpaired) electrons. The Balaban J connectivity index is 1.19. The van der Waals surface area contributed by atoms with Crippen LogP contribution in [0, 0.1) is 23.2 Å². The van der Waals surface area contributed by atoms with E-state index < -0.39 is 0 Å². The van der Waals surface area contributed by atoms with Gasteiger partial charge in [0.05, 0.1) is 17.4 Å². The normalized spacial score (nSPS) is 30.5. The molecule has 1 unspecified atom stereocenters. The largest absolute Gasteiger partial charge is 0.351 e. The predicted molar refractivity (Wildman–Crippen MR) is 116 cm³/mol. The Bertz CT molecular complexity index is 963. The summed E-state index contributed by atoms with van der Waals surface area (Å²) in [6.07, 6.45) is 8.22. The molecule has 1 aromatic carbocycles. The molecule has 1 aromatic heterocycles. The summed E-state index contributed by atoms with van der Waals surface area (Å²) in [7, 11) is 0. The van der Waals surface area contributed by atoms with Gasteiger partial charge in [0.2, 0.25) is 0 Å². The summed E-state index contributed by atoms with van der Waals surface area (Å²) in [5, 5.41) is 3.88. The Morgan fingerprint density at radius 2 is 1.83 bits per heavy atom. The van der Waals surface area contributed by atoms with Gasteiger partial charge in [-0.2, -0.15) is 0 Å². The minimum atomic E-state index is -0.114. The van der Waals surface area contributed by atoms with E-state index in [1.165, 1.54) is 38.5 Å². The average Bonchev–Trinajstić information content (AvgIpc) is 2.71. The number of aromatic nitrogens is 2. The van der Waals surface area contributed by atoms with Crippen molar-refractivity contribution in [2.45, 2.75) is 52.0 Å². The Morgan fingerprint density at radius 1 is 1.17 bits per heavy atom. The molecule has 4 fully saturated rings. The van der Waals surface area contributed by atoms with Crippen LogP contribution in [0.25, 0.3) is 10.9 Å². The van der Waals surface area contributed by atoms with Crippen LogP contribution >= 0.6 is 0 Å². The number of para-hydroxylation sites is 1. The molecular weight excluding hydrogens is 376 g/mol. The highest BCUT2D eigenvalue weighted by molar-refractivity contribution is 5.77. The molecular formula is C24H33N4O2+. The molecule has 6 rings (SSSR count). The van der Waals surface area contributed by atoms with Gasteiger partial charge in [0, 0.05) is 6.54 Å². The highest BCUT2D eigenvalue weighted by atomic mass is 16.2. The smallest absolute Gasteiger partial charge is 0.275 e. The van der Waals surface area contributed by atoms with Gasteiger partial charge >= 0.3 is 0 Å². The van der Waals surface area contributed by atoms with Crippen molar-refractivity contribution >= 4 is 16.8 Å². The number of quaternary nitrogens is 1. The van der Waals surface area contributed by atoms with Crippen LogP contribution < -0.4 is 15.8 Å². The molecule has 4 aliphatic rings. The van der Waals surface area contributed by atoms with Crippen molar-refractivity contribution in [1.29, 1.82) is 0 Å². The van der Waals surface area contributed by atoms with Gasteiger partial charge in [-0.25, -0.2) is 4.98 Å². The molecule has 0 spiro atoms. The zero-order valence-corrected chi connectivity index (χ0v) is 17.9. The van der Waals surface area contributed by atoms with Crippen molar-refractivity contribution < 1.29 is 9.69 Å². The summed E-state index contributed by atoms with van der Waals surface area (Å²) >= 11 is 0. The quantitative estimate of drug-likeness (QED) is 0.651. The van der Waals surface area contributed by atoms with Gasteiger partial charge in [-0.3, -0.25) is 9.59 Å². The van der Waals surface area contributed by atoms with Crippen molar-refractivity contribution in [1.82, 2.24) is 15.3 Å². The number of hydrogen-bond donors (Lipinski definition) is 3.